The Morgan fingerprint density at radius 3 is 2.41 bits per heavy atom. The van der Waals surface area contributed by atoms with E-state index in [0.717, 1.165) is 40.7 Å². The number of hydrogen-bond donors (Lipinski definition) is 0. The molecule has 162 valence electrons. The minimum Gasteiger partial charge on any atom is -0.378 e. The number of carbonyl (C=O) groups is 2. The minimum atomic E-state index is -0.0700. The molecule has 0 radical (unpaired) electrons. The van der Waals surface area contributed by atoms with Crippen LogP contribution in [0.4, 0.5) is 0 Å². The third kappa shape index (κ3) is 4.11. The molecule has 1 atom stereocenters. The summed E-state index contributed by atoms with van der Waals surface area (Å²) in [6.45, 7) is 2.68. The van der Waals surface area contributed by atoms with Gasteiger partial charge in [0.2, 0.25) is 0 Å². The molecule has 32 heavy (non-hydrogen) atoms. The van der Waals surface area contributed by atoms with Crippen LogP contribution in [0.25, 0.3) is 10.8 Å². The molecule has 1 fully saturated rings. The van der Waals surface area contributed by atoms with Crippen LogP contribution >= 0.6 is 0 Å². The minimum absolute atomic E-state index is 0.0307. The first-order chi connectivity index (χ1) is 15.7. The standard InChI is InChI=1S/C28H27NO3/c30-26(18-22-11-6-10-21-9-4-5-12-24(21)22)28-25(29-13-15-32-16-14-29)17-23(19-27(28)31)20-7-2-1-3-8-20/h1-12,23H,13-19H2. The monoisotopic (exact) mass is 425 g/mol. The van der Waals surface area contributed by atoms with E-state index in [4.69, 9.17) is 4.74 Å². The van der Waals surface area contributed by atoms with Crippen LogP contribution in [0.1, 0.15) is 29.9 Å². The molecule has 2 aliphatic rings. The van der Waals surface area contributed by atoms with Gasteiger partial charge in [0, 0.05) is 31.6 Å². The van der Waals surface area contributed by atoms with E-state index >= 15 is 0 Å². The van der Waals surface area contributed by atoms with Gasteiger partial charge in [-0.2, -0.15) is 0 Å². The van der Waals surface area contributed by atoms with Gasteiger partial charge < -0.3 is 9.64 Å². The first kappa shape index (κ1) is 20.7. The smallest absolute Gasteiger partial charge is 0.172 e. The van der Waals surface area contributed by atoms with Crippen LogP contribution in [0.5, 0.6) is 0 Å². The lowest BCUT2D eigenvalue weighted by molar-refractivity contribution is -0.122. The Labute approximate surface area is 188 Å². The number of benzene rings is 3. The van der Waals surface area contributed by atoms with E-state index in [1.54, 1.807) is 0 Å². The maximum atomic E-state index is 13.6. The molecule has 1 saturated heterocycles. The number of morpholine rings is 1. The van der Waals surface area contributed by atoms with Gasteiger partial charge in [0.05, 0.1) is 18.8 Å². The maximum Gasteiger partial charge on any atom is 0.172 e. The fourth-order valence-electron chi connectivity index (χ4n) is 5.00. The number of ketones is 2. The Morgan fingerprint density at radius 1 is 0.875 bits per heavy atom. The van der Waals surface area contributed by atoms with Gasteiger partial charge >= 0.3 is 0 Å². The van der Waals surface area contributed by atoms with Crippen molar-refractivity contribution in [1.82, 2.24) is 4.90 Å². The van der Waals surface area contributed by atoms with Crippen molar-refractivity contribution in [3.63, 3.8) is 0 Å². The average Bonchev–Trinajstić information content (AvgIpc) is 2.85. The van der Waals surface area contributed by atoms with E-state index in [1.165, 1.54) is 0 Å². The molecule has 3 aromatic rings. The lowest BCUT2D eigenvalue weighted by Gasteiger charge is -2.36. The molecule has 1 heterocycles. The van der Waals surface area contributed by atoms with Crippen LogP contribution < -0.4 is 0 Å². The molecule has 0 amide bonds. The number of fused-ring (bicyclic) bond motifs is 1. The highest BCUT2D eigenvalue weighted by molar-refractivity contribution is 6.22. The third-order valence-corrected chi connectivity index (χ3v) is 6.61. The van der Waals surface area contributed by atoms with Gasteiger partial charge in [-0.3, -0.25) is 9.59 Å². The number of hydrogen-bond acceptors (Lipinski definition) is 4. The van der Waals surface area contributed by atoms with Gasteiger partial charge in [0.15, 0.2) is 11.6 Å². The third-order valence-electron chi connectivity index (χ3n) is 6.61. The van der Waals surface area contributed by atoms with Crippen molar-refractivity contribution >= 4 is 22.3 Å². The van der Waals surface area contributed by atoms with Gasteiger partial charge in [-0.15, -0.1) is 0 Å². The summed E-state index contributed by atoms with van der Waals surface area (Å²) in [5, 5.41) is 2.18. The molecule has 0 saturated carbocycles. The summed E-state index contributed by atoms with van der Waals surface area (Å²) in [5.41, 5.74) is 3.45. The molecule has 0 bridgehead atoms. The summed E-state index contributed by atoms with van der Waals surface area (Å²) >= 11 is 0. The quantitative estimate of drug-likeness (QED) is 0.557. The Balaban J connectivity index is 1.51. The summed E-state index contributed by atoms with van der Waals surface area (Å²) < 4.78 is 5.53. The zero-order chi connectivity index (χ0) is 21.9. The predicted octanol–water partition coefficient (Wildman–Crippen LogP) is 4.68. The van der Waals surface area contributed by atoms with E-state index < -0.39 is 0 Å². The first-order valence-electron chi connectivity index (χ1n) is 11.3. The van der Waals surface area contributed by atoms with E-state index in [0.29, 0.717) is 31.6 Å². The lowest BCUT2D eigenvalue weighted by atomic mass is 9.79. The Morgan fingerprint density at radius 2 is 1.59 bits per heavy atom. The van der Waals surface area contributed by atoms with Crippen LogP contribution in [-0.2, 0) is 20.7 Å². The average molecular weight is 426 g/mol. The molecule has 5 rings (SSSR count). The molecule has 3 aromatic carbocycles. The first-order valence-corrected chi connectivity index (χ1v) is 11.3. The van der Waals surface area contributed by atoms with Gasteiger partial charge in [-0.25, -0.2) is 0 Å². The normalized spacial score (nSPS) is 19.4. The summed E-state index contributed by atoms with van der Waals surface area (Å²) in [7, 11) is 0. The molecule has 1 aliphatic carbocycles. The zero-order valence-electron chi connectivity index (χ0n) is 18.1. The predicted molar refractivity (Wildman–Crippen MR) is 126 cm³/mol. The van der Waals surface area contributed by atoms with E-state index in [1.807, 2.05) is 48.5 Å². The molecular formula is C28H27NO3. The fraction of sp³-hybridized carbons (Fsp3) is 0.286. The van der Waals surface area contributed by atoms with Crippen molar-refractivity contribution in [1.29, 1.82) is 0 Å². The van der Waals surface area contributed by atoms with Crippen LogP contribution in [-0.4, -0.2) is 42.8 Å². The van der Waals surface area contributed by atoms with Crippen LogP contribution in [0.15, 0.2) is 84.1 Å². The molecule has 0 N–H and O–H groups in total. The molecule has 4 heteroatoms. The summed E-state index contributed by atoms with van der Waals surface area (Å²) in [4.78, 5) is 29.2. The Bertz CT molecular complexity index is 1170. The second-order valence-corrected chi connectivity index (χ2v) is 8.60. The highest BCUT2D eigenvalue weighted by Crippen LogP contribution is 2.37. The number of rotatable bonds is 5. The molecule has 4 nitrogen and oxygen atoms in total. The molecule has 1 aliphatic heterocycles. The Kier molecular flexibility index (Phi) is 5.87. The van der Waals surface area contributed by atoms with E-state index in [-0.39, 0.29) is 23.9 Å². The Hall–Kier alpha value is -3.24. The van der Waals surface area contributed by atoms with E-state index in [9.17, 15) is 9.59 Å². The second kappa shape index (κ2) is 9.09. The lowest BCUT2D eigenvalue weighted by Crippen LogP contribution is -2.40. The largest absolute Gasteiger partial charge is 0.378 e. The topological polar surface area (TPSA) is 46.6 Å². The highest BCUT2D eigenvalue weighted by Gasteiger charge is 2.35. The molecule has 0 spiro atoms. The van der Waals surface area contributed by atoms with Crippen LogP contribution in [0.2, 0.25) is 0 Å². The number of Topliss-reactive ketones (excluding diaryl/α,β-unsaturated/α-hetero) is 2. The van der Waals surface area contributed by atoms with Crippen molar-refractivity contribution in [3.05, 3.63) is 95.2 Å². The van der Waals surface area contributed by atoms with Crippen molar-refractivity contribution in [3.8, 4) is 0 Å². The fourth-order valence-corrected chi connectivity index (χ4v) is 5.00. The van der Waals surface area contributed by atoms with Crippen LogP contribution in [0, 0.1) is 0 Å². The van der Waals surface area contributed by atoms with Crippen molar-refractivity contribution in [2.24, 2.45) is 0 Å². The van der Waals surface area contributed by atoms with Gasteiger partial charge in [0.25, 0.3) is 0 Å². The second-order valence-electron chi connectivity index (χ2n) is 8.60. The van der Waals surface area contributed by atoms with Crippen LogP contribution in [0.3, 0.4) is 0 Å². The van der Waals surface area contributed by atoms with Gasteiger partial charge in [-0.1, -0.05) is 72.8 Å². The zero-order valence-corrected chi connectivity index (χ0v) is 18.1. The molecule has 1 unspecified atom stereocenters. The molecular weight excluding hydrogens is 398 g/mol. The summed E-state index contributed by atoms with van der Waals surface area (Å²) in [6, 6.07) is 24.3. The van der Waals surface area contributed by atoms with Crippen molar-refractivity contribution in [2.45, 2.75) is 25.2 Å². The maximum absolute atomic E-state index is 13.6. The number of ether oxygens (including phenoxy) is 1. The van der Waals surface area contributed by atoms with Gasteiger partial charge in [-0.05, 0) is 34.2 Å². The number of allylic oxidation sites excluding steroid dienone is 2. The molecule has 0 aromatic heterocycles. The summed E-state index contributed by atoms with van der Waals surface area (Å²) in [5.74, 6) is 0.00633. The van der Waals surface area contributed by atoms with Crippen molar-refractivity contribution < 1.29 is 14.3 Å². The number of nitrogens with zero attached hydrogens (tertiary/aromatic N) is 1. The summed E-state index contributed by atoms with van der Waals surface area (Å²) in [6.07, 6.45) is 1.34. The highest BCUT2D eigenvalue weighted by atomic mass is 16.5. The van der Waals surface area contributed by atoms with Crippen molar-refractivity contribution in [2.75, 3.05) is 26.3 Å². The van der Waals surface area contributed by atoms with Gasteiger partial charge in [0.1, 0.15) is 0 Å². The number of carbonyl (C=O) groups excluding carboxylic acids is 2. The van der Waals surface area contributed by atoms with E-state index in [2.05, 4.69) is 29.2 Å². The SMILES string of the molecule is O=C(Cc1cccc2ccccc12)C1=C(N2CCOCC2)CC(c2ccccc2)CC1=O.